The molecule has 0 heterocycles. The SMILES string of the molecule is C=CC(C1CCCCC1)C(C)C(=O)[O-]. The first-order valence-electron chi connectivity index (χ1n) is 5.50. The summed E-state index contributed by atoms with van der Waals surface area (Å²) >= 11 is 0. The third-order valence-electron chi connectivity index (χ3n) is 3.42. The van der Waals surface area contributed by atoms with Crippen molar-refractivity contribution in [1.82, 2.24) is 0 Å². The van der Waals surface area contributed by atoms with E-state index in [0.29, 0.717) is 5.92 Å². The van der Waals surface area contributed by atoms with Crippen LogP contribution in [0, 0.1) is 17.8 Å². The Morgan fingerprint density at radius 2 is 2.00 bits per heavy atom. The van der Waals surface area contributed by atoms with Crippen LogP contribution in [0.5, 0.6) is 0 Å². The Hall–Kier alpha value is -0.790. The van der Waals surface area contributed by atoms with Gasteiger partial charge in [-0.3, -0.25) is 0 Å². The molecule has 1 saturated carbocycles. The lowest BCUT2D eigenvalue weighted by Crippen LogP contribution is -2.36. The third kappa shape index (κ3) is 2.60. The van der Waals surface area contributed by atoms with Crippen LogP contribution in [-0.2, 0) is 4.79 Å². The van der Waals surface area contributed by atoms with Crippen LogP contribution < -0.4 is 5.11 Å². The van der Waals surface area contributed by atoms with Crippen molar-refractivity contribution in [3.05, 3.63) is 12.7 Å². The summed E-state index contributed by atoms with van der Waals surface area (Å²) in [5, 5.41) is 10.8. The molecule has 2 nitrogen and oxygen atoms in total. The van der Waals surface area contributed by atoms with E-state index in [1.165, 1.54) is 19.3 Å². The van der Waals surface area contributed by atoms with Crippen molar-refractivity contribution in [3.63, 3.8) is 0 Å². The minimum absolute atomic E-state index is 0.0975. The Morgan fingerprint density at radius 1 is 1.43 bits per heavy atom. The van der Waals surface area contributed by atoms with Crippen molar-refractivity contribution in [2.75, 3.05) is 0 Å². The predicted octanol–water partition coefficient (Wildman–Crippen LogP) is 1.75. The third-order valence-corrected chi connectivity index (χ3v) is 3.42. The molecule has 0 aliphatic heterocycles. The molecule has 2 unspecified atom stereocenters. The summed E-state index contributed by atoms with van der Waals surface area (Å²) in [6, 6.07) is 0. The van der Waals surface area contributed by atoms with Crippen molar-refractivity contribution in [1.29, 1.82) is 0 Å². The first kappa shape index (κ1) is 11.3. The van der Waals surface area contributed by atoms with Crippen LogP contribution in [-0.4, -0.2) is 5.97 Å². The lowest BCUT2D eigenvalue weighted by Gasteiger charge is -2.32. The smallest absolute Gasteiger partial charge is 0.0448 e. The van der Waals surface area contributed by atoms with Crippen molar-refractivity contribution < 1.29 is 9.90 Å². The Morgan fingerprint density at radius 3 is 2.43 bits per heavy atom. The molecular weight excluding hydrogens is 176 g/mol. The van der Waals surface area contributed by atoms with Crippen molar-refractivity contribution in [3.8, 4) is 0 Å². The van der Waals surface area contributed by atoms with Crippen molar-refractivity contribution >= 4 is 5.97 Å². The largest absolute Gasteiger partial charge is 0.550 e. The van der Waals surface area contributed by atoms with Crippen LogP contribution >= 0.6 is 0 Å². The number of aliphatic carboxylic acids is 1. The fourth-order valence-corrected chi connectivity index (χ4v) is 2.48. The van der Waals surface area contributed by atoms with Gasteiger partial charge in [-0.2, -0.15) is 0 Å². The summed E-state index contributed by atoms with van der Waals surface area (Å²) in [5.74, 6) is -0.731. The zero-order valence-electron chi connectivity index (χ0n) is 8.87. The van der Waals surface area contributed by atoms with Gasteiger partial charge >= 0.3 is 0 Å². The molecule has 1 fully saturated rings. The Balaban J connectivity index is 2.59. The maximum absolute atomic E-state index is 10.8. The minimum atomic E-state index is -0.944. The number of carboxylic acids is 1. The summed E-state index contributed by atoms with van der Waals surface area (Å²) in [6.07, 6.45) is 7.85. The van der Waals surface area contributed by atoms with Gasteiger partial charge in [0.25, 0.3) is 0 Å². The van der Waals surface area contributed by atoms with Gasteiger partial charge in [0.1, 0.15) is 0 Å². The van der Waals surface area contributed by atoms with E-state index in [0.717, 1.165) is 12.8 Å². The normalized spacial score (nSPS) is 22.6. The van der Waals surface area contributed by atoms with Gasteiger partial charge in [0.2, 0.25) is 0 Å². The van der Waals surface area contributed by atoms with Gasteiger partial charge in [-0.1, -0.05) is 32.3 Å². The highest BCUT2D eigenvalue weighted by molar-refractivity contribution is 5.67. The average Bonchev–Trinajstić information content (AvgIpc) is 2.20. The highest BCUT2D eigenvalue weighted by Crippen LogP contribution is 2.34. The van der Waals surface area contributed by atoms with Crippen LogP contribution in [0.1, 0.15) is 39.0 Å². The van der Waals surface area contributed by atoms with E-state index in [-0.39, 0.29) is 5.92 Å². The molecule has 0 amide bonds. The standard InChI is InChI=1S/C12H20O2/c1-3-11(9(2)12(13)14)10-7-5-4-6-8-10/h3,9-11H,1,4-8H2,2H3,(H,13,14)/p-1. The maximum atomic E-state index is 10.8. The summed E-state index contributed by atoms with van der Waals surface area (Å²) < 4.78 is 0. The minimum Gasteiger partial charge on any atom is -0.550 e. The molecule has 2 heteroatoms. The molecule has 0 aromatic rings. The van der Waals surface area contributed by atoms with Crippen LogP contribution in [0.3, 0.4) is 0 Å². The second-order valence-corrected chi connectivity index (χ2v) is 4.32. The van der Waals surface area contributed by atoms with Crippen molar-refractivity contribution in [2.24, 2.45) is 17.8 Å². The number of hydrogen-bond donors (Lipinski definition) is 0. The van der Waals surface area contributed by atoms with Gasteiger partial charge in [-0.25, -0.2) is 0 Å². The number of carboxylic acid groups (broad SMARTS) is 1. The number of carbonyl (C=O) groups is 1. The molecule has 14 heavy (non-hydrogen) atoms. The molecule has 0 spiro atoms. The highest BCUT2D eigenvalue weighted by Gasteiger charge is 2.26. The van der Waals surface area contributed by atoms with E-state index in [9.17, 15) is 9.90 Å². The predicted molar refractivity (Wildman–Crippen MR) is 54.4 cm³/mol. The number of rotatable bonds is 4. The van der Waals surface area contributed by atoms with E-state index in [1.807, 2.05) is 0 Å². The van der Waals surface area contributed by atoms with Gasteiger partial charge in [-0.05, 0) is 24.7 Å². The zero-order valence-corrected chi connectivity index (χ0v) is 8.87. The average molecular weight is 195 g/mol. The van der Waals surface area contributed by atoms with E-state index in [4.69, 9.17) is 0 Å². The molecule has 0 aromatic carbocycles. The molecule has 0 radical (unpaired) electrons. The fraction of sp³-hybridized carbons (Fsp3) is 0.750. The van der Waals surface area contributed by atoms with Gasteiger partial charge in [0.15, 0.2) is 0 Å². The van der Waals surface area contributed by atoms with Gasteiger partial charge in [-0.15, -0.1) is 6.58 Å². The molecule has 1 aliphatic rings. The van der Waals surface area contributed by atoms with Crippen LogP contribution in [0.15, 0.2) is 12.7 Å². The number of allylic oxidation sites excluding steroid dienone is 1. The van der Waals surface area contributed by atoms with E-state index >= 15 is 0 Å². The molecule has 0 saturated heterocycles. The van der Waals surface area contributed by atoms with Crippen LogP contribution in [0.4, 0.5) is 0 Å². The van der Waals surface area contributed by atoms with E-state index in [2.05, 4.69) is 6.58 Å². The molecule has 80 valence electrons. The number of carbonyl (C=O) groups excluding carboxylic acids is 1. The van der Waals surface area contributed by atoms with Gasteiger partial charge < -0.3 is 9.90 Å². The highest BCUT2D eigenvalue weighted by atomic mass is 16.4. The first-order valence-corrected chi connectivity index (χ1v) is 5.50. The Kier molecular flexibility index (Phi) is 4.18. The monoisotopic (exact) mass is 195 g/mol. The molecule has 0 bridgehead atoms. The van der Waals surface area contributed by atoms with Gasteiger partial charge in [0, 0.05) is 11.9 Å². The summed E-state index contributed by atoms with van der Waals surface area (Å²) in [6.45, 7) is 5.48. The second kappa shape index (κ2) is 5.18. The Bertz CT molecular complexity index is 204. The lowest BCUT2D eigenvalue weighted by atomic mass is 9.75. The topological polar surface area (TPSA) is 40.1 Å². The lowest BCUT2D eigenvalue weighted by molar-refractivity contribution is -0.312. The summed E-state index contributed by atoms with van der Waals surface area (Å²) in [5.41, 5.74) is 0. The number of hydrogen-bond acceptors (Lipinski definition) is 2. The van der Waals surface area contributed by atoms with Crippen LogP contribution in [0.2, 0.25) is 0 Å². The molecule has 2 atom stereocenters. The van der Waals surface area contributed by atoms with E-state index < -0.39 is 11.9 Å². The quantitative estimate of drug-likeness (QED) is 0.641. The van der Waals surface area contributed by atoms with Gasteiger partial charge in [0.05, 0.1) is 0 Å². The molecule has 0 aromatic heterocycles. The van der Waals surface area contributed by atoms with Crippen LogP contribution in [0.25, 0.3) is 0 Å². The molecule has 0 N–H and O–H groups in total. The fourth-order valence-electron chi connectivity index (χ4n) is 2.48. The second-order valence-electron chi connectivity index (χ2n) is 4.32. The summed E-state index contributed by atoms with van der Waals surface area (Å²) in [4.78, 5) is 10.8. The Labute approximate surface area is 86.0 Å². The molecule has 1 rings (SSSR count). The zero-order chi connectivity index (χ0) is 10.6. The summed E-state index contributed by atoms with van der Waals surface area (Å²) in [7, 11) is 0. The van der Waals surface area contributed by atoms with Crippen molar-refractivity contribution in [2.45, 2.75) is 39.0 Å². The molecule has 1 aliphatic carbocycles. The first-order chi connectivity index (χ1) is 6.66. The van der Waals surface area contributed by atoms with E-state index in [1.54, 1.807) is 13.0 Å². The molecular formula is C12H19O2-. The maximum Gasteiger partial charge on any atom is 0.0448 e.